The zero-order chi connectivity index (χ0) is 30.4. The monoisotopic (exact) mass is 574 g/mol. The van der Waals surface area contributed by atoms with Gasteiger partial charge in [-0.3, -0.25) is 9.59 Å². The highest BCUT2D eigenvalue weighted by atomic mass is 16.6. The molecule has 0 radical (unpaired) electrons. The highest BCUT2D eigenvalue weighted by Crippen LogP contribution is 2.12. The topological polar surface area (TPSA) is 93.1 Å². The summed E-state index contributed by atoms with van der Waals surface area (Å²) in [6, 6.07) is 0. The van der Waals surface area contributed by atoms with Gasteiger partial charge in [0, 0.05) is 12.8 Å². The van der Waals surface area contributed by atoms with Crippen molar-refractivity contribution in [2.75, 3.05) is 13.2 Å². The molecule has 6 nitrogen and oxygen atoms in total. The van der Waals surface area contributed by atoms with Crippen molar-refractivity contribution in [2.24, 2.45) is 5.92 Å². The van der Waals surface area contributed by atoms with Crippen LogP contribution in [-0.2, 0) is 19.1 Å². The molecular formula is C35H58O6. The molecule has 0 rings (SSSR count). The summed E-state index contributed by atoms with van der Waals surface area (Å²) in [4.78, 5) is 23.7. The van der Waals surface area contributed by atoms with Gasteiger partial charge in [-0.1, -0.05) is 120 Å². The zero-order valence-electron chi connectivity index (χ0n) is 26.1. The van der Waals surface area contributed by atoms with Gasteiger partial charge in [-0.25, -0.2) is 0 Å². The molecule has 0 aliphatic heterocycles. The van der Waals surface area contributed by atoms with Gasteiger partial charge in [-0.2, -0.15) is 0 Å². The van der Waals surface area contributed by atoms with Crippen molar-refractivity contribution >= 4 is 11.9 Å². The number of aliphatic hydroxyl groups excluding tert-OH is 2. The molecule has 0 aromatic carbocycles. The molecule has 41 heavy (non-hydrogen) atoms. The number of ether oxygens (including phenoxy) is 2. The van der Waals surface area contributed by atoms with Crippen molar-refractivity contribution in [2.45, 2.75) is 129 Å². The van der Waals surface area contributed by atoms with Gasteiger partial charge in [0.2, 0.25) is 0 Å². The van der Waals surface area contributed by atoms with E-state index in [9.17, 15) is 19.8 Å². The maximum atomic E-state index is 11.9. The van der Waals surface area contributed by atoms with Crippen molar-refractivity contribution in [3.05, 3.63) is 60.8 Å². The maximum Gasteiger partial charge on any atom is 0.305 e. The van der Waals surface area contributed by atoms with Crippen molar-refractivity contribution in [3.8, 4) is 0 Å². The second kappa shape index (κ2) is 29.1. The number of carbonyl (C=O) groups excluding carboxylic acids is 2. The van der Waals surface area contributed by atoms with E-state index >= 15 is 0 Å². The fourth-order valence-electron chi connectivity index (χ4n) is 3.86. The van der Waals surface area contributed by atoms with Crippen LogP contribution in [0.5, 0.6) is 0 Å². The summed E-state index contributed by atoms with van der Waals surface area (Å²) in [5.74, 6) is 0.0833. The number of carbonyl (C=O) groups is 2. The number of allylic oxidation sites excluding steroid dienone is 8. The van der Waals surface area contributed by atoms with Crippen molar-refractivity contribution in [3.63, 3.8) is 0 Å². The van der Waals surface area contributed by atoms with E-state index < -0.39 is 12.2 Å². The molecular weight excluding hydrogens is 516 g/mol. The quantitative estimate of drug-likeness (QED) is 0.0469. The molecule has 0 heterocycles. The average Bonchev–Trinajstić information content (AvgIpc) is 2.94. The van der Waals surface area contributed by atoms with Crippen molar-refractivity contribution in [1.29, 1.82) is 0 Å². The smallest absolute Gasteiger partial charge is 0.305 e. The van der Waals surface area contributed by atoms with Crippen LogP contribution < -0.4 is 0 Å². The molecule has 0 aliphatic carbocycles. The Kier molecular flexibility index (Phi) is 27.3. The molecule has 0 aliphatic rings. The first-order valence-electron chi connectivity index (χ1n) is 15.8. The van der Waals surface area contributed by atoms with Crippen LogP contribution in [0.15, 0.2) is 60.8 Å². The predicted molar refractivity (Wildman–Crippen MR) is 169 cm³/mol. The van der Waals surface area contributed by atoms with Crippen LogP contribution in [-0.4, -0.2) is 47.6 Å². The average molecular weight is 575 g/mol. The second-order valence-electron chi connectivity index (χ2n) is 10.9. The number of hydrogen-bond acceptors (Lipinski definition) is 6. The van der Waals surface area contributed by atoms with E-state index in [1.165, 1.54) is 25.7 Å². The van der Waals surface area contributed by atoms with Gasteiger partial charge in [0.05, 0.1) is 6.10 Å². The lowest BCUT2D eigenvalue weighted by atomic mass is 10.0. The van der Waals surface area contributed by atoms with E-state index in [4.69, 9.17) is 9.47 Å². The summed E-state index contributed by atoms with van der Waals surface area (Å²) >= 11 is 0. The molecule has 0 aromatic heterocycles. The third kappa shape index (κ3) is 30.3. The van der Waals surface area contributed by atoms with Gasteiger partial charge in [-0.15, -0.1) is 0 Å². The fraction of sp³-hybridized carbons (Fsp3) is 0.657. The van der Waals surface area contributed by atoms with Gasteiger partial charge in [0.25, 0.3) is 0 Å². The summed E-state index contributed by atoms with van der Waals surface area (Å²) in [5, 5.41) is 19.8. The largest absolute Gasteiger partial charge is 0.463 e. The van der Waals surface area contributed by atoms with Crippen LogP contribution in [0, 0.1) is 5.92 Å². The number of rotatable bonds is 26. The summed E-state index contributed by atoms with van der Waals surface area (Å²) in [7, 11) is 0. The second-order valence-corrected chi connectivity index (χ2v) is 10.9. The molecule has 0 amide bonds. The molecule has 0 spiro atoms. The lowest BCUT2D eigenvalue weighted by Crippen LogP contribution is -2.25. The van der Waals surface area contributed by atoms with Gasteiger partial charge < -0.3 is 19.7 Å². The van der Waals surface area contributed by atoms with E-state index in [-0.39, 0.29) is 31.6 Å². The van der Waals surface area contributed by atoms with Crippen LogP contribution >= 0.6 is 0 Å². The van der Waals surface area contributed by atoms with Gasteiger partial charge in [0.1, 0.15) is 19.3 Å². The van der Waals surface area contributed by atoms with Crippen LogP contribution in [0.25, 0.3) is 0 Å². The third-order valence-electron chi connectivity index (χ3n) is 6.28. The molecule has 2 atom stereocenters. The summed E-state index contributed by atoms with van der Waals surface area (Å²) in [6.45, 7) is 6.28. The Labute approximate surface area is 250 Å². The van der Waals surface area contributed by atoms with E-state index in [0.29, 0.717) is 19.3 Å². The minimum atomic E-state index is -1.00. The molecule has 0 bridgehead atoms. The molecule has 1 unspecified atom stereocenters. The van der Waals surface area contributed by atoms with Crippen LogP contribution in [0.4, 0.5) is 0 Å². The Morgan fingerprint density at radius 2 is 1.27 bits per heavy atom. The normalized spacial score (nSPS) is 13.9. The van der Waals surface area contributed by atoms with Gasteiger partial charge in [-0.05, 0) is 50.9 Å². The first kappa shape index (κ1) is 38.6. The molecule has 0 fully saturated rings. The summed E-state index contributed by atoms with van der Waals surface area (Å²) < 4.78 is 10.2. The maximum absolute atomic E-state index is 11.9. The Morgan fingerprint density at radius 3 is 1.95 bits per heavy atom. The molecule has 0 aromatic rings. The Hall–Kier alpha value is -2.44. The van der Waals surface area contributed by atoms with Crippen LogP contribution in [0.1, 0.15) is 117 Å². The van der Waals surface area contributed by atoms with Crippen LogP contribution in [0.3, 0.4) is 0 Å². The predicted octanol–water partition coefficient (Wildman–Crippen LogP) is 8.10. The van der Waals surface area contributed by atoms with Gasteiger partial charge in [0.15, 0.2) is 0 Å². The molecule has 234 valence electrons. The lowest BCUT2D eigenvalue weighted by molar-refractivity contribution is -0.152. The third-order valence-corrected chi connectivity index (χ3v) is 6.28. The van der Waals surface area contributed by atoms with Crippen molar-refractivity contribution in [1.82, 2.24) is 0 Å². The Bertz CT molecular complexity index is 778. The number of unbranched alkanes of at least 4 members (excludes halogenated alkanes) is 6. The fourth-order valence-corrected chi connectivity index (χ4v) is 3.86. The molecule has 0 saturated carbocycles. The highest BCUT2D eigenvalue weighted by molar-refractivity contribution is 5.69. The minimum absolute atomic E-state index is 0.153. The Balaban J connectivity index is 3.71. The molecule has 0 saturated heterocycles. The SMILES string of the molecule is CC/C=C\C/C=C\CC(O)/C=C/C=C\C/C=C\CCCC(=O)OC[C@H](O)COC(=O)CCCCCCCCC(C)C. The van der Waals surface area contributed by atoms with E-state index in [1.807, 2.05) is 36.5 Å². The van der Waals surface area contributed by atoms with E-state index in [0.717, 1.165) is 50.9 Å². The zero-order valence-corrected chi connectivity index (χ0v) is 26.1. The Morgan fingerprint density at radius 1 is 0.683 bits per heavy atom. The number of aliphatic hydroxyl groups is 2. The summed E-state index contributed by atoms with van der Waals surface area (Å²) in [5.41, 5.74) is 0. The molecule has 2 N–H and O–H groups in total. The van der Waals surface area contributed by atoms with E-state index in [1.54, 1.807) is 6.08 Å². The summed E-state index contributed by atoms with van der Waals surface area (Å²) in [6.07, 6.45) is 31.8. The van der Waals surface area contributed by atoms with Crippen LogP contribution in [0.2, 0.25) is 0 Å². The number of hydrogen-bond donors (Lipinski definition) is 2. The minimum Gasteiger partial charge on any atom is -0.463 e. The van der Waals surface area contributed by atoms with E-state index in [2.05, 4.69) is 39.0 Å². The molecule has 6 heteroatoms. The first-order valence-corrected chi connectivity index (χ1v) is 15.8. The highest BCUT2D eigenvalue weighted by Gasteiger charge is 2.12. The number of esters is 2. The standard InChI is InChI=1S/C35H58O6/c1-4-5-6-7-15-20-25-32(36)26-21-16-10-8-9-11-17-22-27-34(38)40-29-33(37)30-41-35(39)28-23-18-13-12-14-19-24-31(2)3/h5-6,9-11,15-16,20-21,26,31-33,36-37H,4,7-8,12-14,17-19,22-25,27-30H2,1-3H3/b6-5-,11-9-,16-10-,20-15-,26-21+/t32?,33-/m0/s1. The lowest BCUT2D eigenvalue weighted by Gasteiger charge is -2.12. The van der Waals surface area contributed by atoms with Gasteiger partial charge >= 0.3 is 11.9 Å². The first-order chi connectivity index (χ1) is 19.8. The van der Waals surface area contributed by atoms with Crippen molar-refractivity contribution < 1.29 is 29.3 Å².